The van der Waals surface area contributed by atoms with Gasteiger partial charge in [-0.1, -0.05) is 41.0 Å². The molecule has 1 amide bonds. The molecule has 7 nitrogen and oxygen atoms in total. The van der Waals surface area contributed by atoms with Gasteiger partial charge in [0.15, 0.2) is 0 Å². The molecule has 0 fully saturated rings. The number of rotatable bonds is 8. The van der Waals surface area contributed by atoms with Crippen LogP contribution in [0, 0.1) is 5.82 Å². The van der Waals surface area contributed by atoms with Crippen molar-refractivity contribution in [3.05, 3.63) is 104 Å². The molecule has 33 heavy (non-hydrogen) atoms. The first-order chi connectivity index (χ1) is 15.8. The number of aromatic nitrogens is 1. The number of pyridine rings is 1. The van der Waals surface area contributed by atoms with Gasteiger partial charge in [0.25, 0.3) is 5.91 Å². The Morgan fingerprint density at radius 1 is 1.21 bits per heavy atom. The first-order valence-corrected chi connectivity index (χ1v) is 10.5. The summed E-state index contributed by atoms with van der Waals surface area (Å²) >= 11 is 6.44. The summed E-state index contributed by atoms with van der Waals surface area (Å²) in [6.07, 6.45) is 1.70. The quantitative estimate of drug-likeness (QED) is 0.266. The lowest BCUT2D eigenvalue weighted by molar-refractivity contribution is 0.0940. The maximum atomic E-state index is 14.9. The van der Waals surface area contributed by atoms with E-state index in [0.29, 0.717) is 21.7 Å². The Morgan fingerprint density at radius 3 is 2.61 bits per heavy atom. The number of aliphatic hydroxyl groups excluding tert-OH is 1. The number of aliphatic hydroxyl groups is 1. The molecule has 1 unspecified atom stereocenters. The van der Waals surface area contributed by atoms with E-state index < -0.39 is 17.6 Å². The maximum absolute atomic E-state index is 14.9. The Hall–Kier alpha value is -3.49. The van der Waals surface area contributed by atoms with Crippen molar-refractivity contribution in [2.45, 2.75) is 12.3 Å². The number of carbonyl (C=O) groups excluding carboxylic acids is 1. The fourth-order valence-corrected chi connectivity index (χ4v) is 3.80. The molecule has 0 aliphatic heterocycles. The van der Waals surface area contributed by atoms with Gasteiger partial charge in [-0.2, -0.15) is 0 Å². The molecule has 0 aliphatic carbocycles. The average molecular weight is 472 g/mol. The van der Waals surface area contributed by atoms with Crippen LogP contribution >= 0.6 is 11.6 Å². The fourth-order valence-electron chi connectivity index (χ4n) is 3.54. The molecule has 1 atom stereocenters. The van der Waals surface area contributed by atoms with Crippen LogP contribution in [-0.4, -0.2) is 39.7 Å². The van der Waals surface area contributed by atoms with Crippen LogP contribution in [0.4, 0.5) is 4.39 Å². The van der Waals surface area contributed by atoms with Crippen LogP contribution in [0.15, 0.2) is 70.7 Å². The molecule has 2 aromatic carbocycles. The number of aryl methyl sites for hydroxylation is 1. The highest BCUT2D eigenvalue weighted by Crippen LogP contribution is 2.34. The van der Waals surface area contributed by atoms with Crippen molar-refractivity contribution >= 4 is 23.2 Å². The molecule has 3 aromatic rings. The molecular formula is C24H23ClFN3O4. The maximum Gasteiger partial charge on any atom is 0.254 e. The van der Waals surface area contributed by atoms with E-state index in [-0.39, 0.29) is 36.4 Å². The summed E-state index contributed by atoms with van der Waals surface area (Å²) in [7, 11) is 1.59. The number of nitrogens with one attached hydrogen (secondary N) is 1. The van der Waals surface area contributed by atoms with Crippen LogP contribution in [0.25, 0.3) is 0 Å². The van der Waals surface area contributed by atoms with Gasteiger partial charge in [-0.05, 0) is 35.4 Å². The molecule has 3 N–H and O–H groups in total. The van der Waals surface area contributed by atoms with Gasteiger partial charge in [-0.25, -0.2) is 4.39 Å². The van der Waals surface area contributed by atoms with E-state index in [1.165, 1.54) is 22.8 Å². The second-order valence-electron chi connectivity index (χ2n) is 7.41. The molecule has 1 heterocycles. The predicted molar refractivity (Wildman–Crippen MR) is 124 cm³/mol. The highest BCUT2D eigenvalue weighted by molar-refractivity contribution is 6.31. The normalized spacial score (nSPS) is 12.4. The van der Waals surface area contributed by atoms with Crippen LogP contribution in [0.2, 0.25) is 5.02 Å². The van der Waals surface area contributed by atoms with E-state index >= 15 is 0 Å². The van der Waals surface area contributed by atoms with Crippen molar-refractivity contribution in [2.75, 3.05) is 13.2 Å². The molecule has 0 aliphatic rings. The third-order valence-electron chi connectivity index (χ3n) is 5.26. The molecule has 0 bridgehead atoms. The summed E-state index contributed by atoms with van der Waals surface area (Å²) in [5.41, 5.74) is 1.64. The number of benzene rings is 2. The summed E-state index contributed by atoms with van der Waals surface area (Å²) in [6, 6.07) is 14.2. The first-order valence-electron chi connectivity index (χ1n) is 10.2. The summed E-state index contributed by atoms with van der Waals surface area (Å²) in [4.78, 5) is 23.9. The molecule has 1 aromatic heterocycles. The number of carbonyl (C=O) groups is 1. The van der Waals surface area contributed by atoms with Crippen molar-refractivity contribution in [3.63, 3.8) is 0 Å². The Bertz CT molecular complexity index is 1240. The highest BCUT2D eigenvalue weighted by atomic mass is 35.5. The Morgan fingerprint density at radius 2 is 1.97 bits per heavy atom. The van der Waals surface area contributed by atoms with Gasteiger partial charge in [0.05, 0.1) is 17.9 Å². The Kier molecular flexibility index (Phi) is 7.97. The number of amides is 1. The predicted octanol–water partition coefficient (Wildman–Crippen LogP) is 3.30. The highest BCUT2D eigenvalue weighted by Gasteiger charge is 2.23. The molecule has 9 heteroatoms. The average Bonchev–Trinajstić information content (AvgIpc) is 2.81. The fraction of sp³-hybridized carbons (Fsp3) is 0.208. The summed E-state index contributed by atoms with van der Waals surface area (Å²) in [5, 5.41) is 24.9. The molecule has 3 rings (SSSR count). The standard InChI is InChI=1S/C24H23ClFN3O4/c1-29-14-16(7-9-23(29)31)22(28-33)13-19(17-4-2-3-5-20(17)25)15-6-8-18(21(26)12-15)24(32)27-10-11-30/h2-9,12,14,19,30,33H,10-11,13H2,1H3,(H,27,32)/b28-22+. The lowest BCUT2D eigenvalue weighted by Gasteiger charge is -2.21. The minimum absolute atomic E-state index is 0.0121. The number of nitrogens with zero attached hydrogens (tertiary/aromatic N) is 2. The zero-order chi connectivity index (χ0) is 24.0. The van der Waals surface area contributed by atoms with Crippen LogP contribution in [0.1, 0.15) is 39.4 Å². The van der Waals surface area contributed by atoms with E-state index in [2.05, 4.69) is 10.5 Å². The molecule has 172 valence electrons. The lowest BCUT2D eigenvalue weighted by atomic mass is 9.85. The molecular weight excluding hydrogens is 449 g/mol. The Balaban J connectivity index is 2.03. The van der Waals surface area contributed by atoms with Crippen LogP contribution in [0.3, 0.4) is 0 Å². The van der Waals surface area contributed by atoms with Crippen molar-refractivity contribution in [3.8, 4) is 0 Å². The van der Waals surface area contributed by atoms with E-state index in [1.807, 2.05) is 0 Å². The number of hydrogen-bond acceptors (Lipinski definition) is 5. The van der Waals surface area contributed by atoms with Gasteiger partial charge in [0.2, 0.25) is 5.56 Å². The van der Waals surface area contributed by atoms with E-state index in [4.69, 9.17) is 16.7 Å². The molecule has 0 radical (unpaired) electrons. The number of oxime groups is 1. The van der Waals surface area contributed by atoms with Gasteiger partial charge < -0.3 is 20.2 Å². The monoisotopic (exact) mass is 471 g/mol. The lowest BCUT2D eigenvalue weighted by Crippen LogP contribution is -2.27. The van der Waals surface area contributed by atoms with Gasteiger partial charge in [0.1, 0.15) is 5.82 Å². The van der Waals surface area contributed by atoms with Gasteiger partial charge in [0, 0.05) is 48.8 Å². The van der Waals surface area contributed by atoms with Crippen LogP contribution < -0.4 is 10.9 Å². The summed E-state index contributed by atoms with van der Waals surface area (Å²) < 4.78 is 16.2. The Labute approximate surface area is 194 Å². The van der Waals surface area contributed by atoms with Gasteiger partial charge in [-0.15, -0.1) is 0 Å². The van der Waals surface area contributed by atoms with Crippen LogP contribution in [-0.2, 0) is 7.05 Å². The SMILES string of the molecule is Cn1cc(/C(CC(c2ccc(C(=O)NCCO)c(F)c2)c2ccccc2Cl)=N/O)ccc1=O. The van der Waals surface area contributed by atoms with E-state index in [1.54, 1.807) is 49.6 Å². The molecule has 0 saturated carbocycles. The van der Waals surface area contributed by atoms with Crippen molar-refractivity contribution in [1.29, 1.82) is 0 Å². The van der Waals surface area contributed by atoms with Gasteiger partial charge >= 0.3 is 0 Å². The van der Waals surface area contributed by atoms with Crippen LogP contribution in [0.5, 0.6) is 0 Å². The van der Waals surface area contributed by atoms with Crippen molar-refractivity contribution in [1.82, 2.24) is 9.88 Å². The first kappa shape index (κ1) is 24.2. The van der Waals surface area contributed by atoms with Crippen molar-refractivity contribution in [2.24, 2.45) is 12.2 Å². The van der Waals surface area contributed by atoms with E-state index in [9.17, 15) is 19.2 Å². The van der Waals surface area contributed by atoms with Crippen molar-refractivity contribution < 1.29 is 19.5 Å². The third-order valence-corrected chi connectivity index (χ3v) is 5.60. The zero-order valence-corrected chi connectivity index (χ0v) is 18.6. The number of hydrogen-bond donors (Lipinski definition) is 3. The zero-order valence-electron chi connectivity index (χ0n) is 17.8. The smallest absolute Gasteiger partial charge is 0.254 e. The summed E-state index contributed by atoms with van der Waals surface area (Å²) in [5.74, 6) is -1.87. The minimum atomic E-state index is -0.732. The summed E-state index contributed by atoms with van der Waals surface area (Å²) in [6.45, 7) is -0.243. The largest absolute Gasteiger partial charge is 0.411 e. The molecule has 0 spiro atoms. The number of halogens is 2. The third kappa shape index (κ3) is 5.66. The molecule has 0 saturated heterocycles. The topological polar surface area (TPSA) is 104 Å². The second kappa shape index (κ2) is 10.9. The second-order valence-corrected chi connectivity index (χ2v) is 7.82. The van der Waals surface area contributed by atoms with Gasteiger partial charge in [-0.3, -0.25) is 9.59 Å². The minimum Gasteiger partial charge on any atom is -0.411 e. The van der Waals surface area contributed by atoms with E-state index in [0.717, 1.165) is 0 Å².